The SMILES string of the molecule is N#Cc1cnc2nc([C@H](Cc3cc(F)cc(F)c3)NC(=O)Cn3nc(C(F)F)c4c3C(F)(F)[C@@H]3C[C@H]43)n(-c3ccc(C4CC4)cc3)c(=O)c2c1. The fourth-order valence-corrected chi connectivity index (χ4v) is 7.07. The van der Waals surface area contributed by atoms with Crippen molar-refractivity contribution in [3.63, 3.8) is 0 Å². The van der Waals surface area contributed by atoms with Crippen LogP contribution in [0.15, 0.2) is 59.5 Å². The zero-order chi connectivity index (χ0) is 35.1. The minimum absolute atomic E-state index is 0.0200. The van der Waals surface area contributed by atoms with Gasteiger partial charge in [0.1, 0.15) is 41.5 Å². The monoisotopic (exact) mass is 689 g/mol. The van der Waals surface area contributed by atoms with Gasteiger partial charge in [0.15, 0.2) is 5.65 Å². The van der Waals surface area contributed by atoms with Gasteiger partial charge in [-0.2, -0.15) is 19.1 Å². The predicted molar refractivity (Wildman–Crippen MR) is 165 cm³/mol. The van der Waals surface area contributed by atoms with E-state index in [0.29, 0.717) is 22.4 Å². The van der Waals surface area contributed by atoms with Crippen molar-refractivity contribution in [3.8, 4) is 11.8 Å². The smallest absolute Gasteiger partial charge is 0.293 e. The Hall–Kier alpha value is -5.52. The van der Waals surface area contributed by atoms with E-state index >= 15 is 8.78 Å². The number of fused-ring (bicyclic) bond motifs is 4. The number of aromatic nitrogens is 5. The number of hydrogen-bond donors (Lipinski definition) is 1. The van der Waals surface area contributed by atoms with Gasteiger partial charge in [0.25, 0.3) is 17.9 Å². The Bertz CT molecular complexity index is 2290. The molecular formula is C35H25F6N7O2. The van der Waals surface area contributed by atoms with Crippen molar-refractivity contribution in [2.24, 2.45) is 5.92 Å². The Balaban J connectivity index is 1.24. The number of alkyl halides is 4. The summed E-state index contributed by atoms with van der Waals surface area (Å²) in [6.07, 6.45) is -0.194. The van der Waals surface area contributed by atoms with E-state index in [1.165, 1.54) is 16.8 Å². The number of pyridine rings is 1. The van der Waals surface area contributed by atoms with E-state index in [-0.39, 0.29) is 46.4 Å². The zero-order valence-electron chi connectivity index (χ0n) is 25.9. The van der Waals surface area contributed by atoms with Crippen LogP contribution in [0.25, 0.3) is 16.7 Å². The van der Waals surface area contributed by atoms with E-state index in [0.717, 1.165) is 30.5 Å². The number of carbonyl (C=O) groups is 1. The Morgan fingerprint density at radius 3 is 2.46 bits per heavy atom. The van der Waals surface area contributed by atoms with E-state index < -0.39 is 71.3 Å². The first-order chi connectivity index (χ1) is 23.9. The van der Waals surface area contributed by atoms with Crippen molar-refractivity contribution >= 4 is 16.9 Å². The minimum atomic E-state index is -3.47. The van der Waals surface area contributed by atoms with Crippen molar-refractivity contribution < 1.29 is 31.1 Å². The molecule has 0 saturated heterocycles. The van der Waals surface area contributed by atoms with Gasteiger partial charge in [0, 0.05) is 30.2 Å². The number of amides is 1. The molecule has 2 saturated carbocycles. The third-order valence-electron chi connectivity index (χ3n) is 9.55. The molecule has 2 aromatic carbocycles. The van der Waals surface area contributed by atoms with Gasteiger partial charge in [0.05, 0.1) is 22.7 Å². The number of nitrogens with zero attached hydrogens (tertiary/aromatic N) is 6. The second kappa shape index (κ2) is 11.5. The summed E-state index contributed by atoms with van der Waals surface area (Å²) in [6.45, 7) is -0.893. The van der Waals surface area contributed by atoms with Gasteiger partial charge in [-0.1, -0.05) is 12.1 Å². The van der Waals surface area contributed by atoms with E-state index in [1.54, 1.807) is 12.1 Å². The largest absolute Gasteiger partial charge is 0.344 e. The maximum absolute atomic E-state index is 15.2. The van der Waals surface area contributed by atoms with Gasteiger partial charge in [-0.05, 0) is 72.6 Å². The molecule has 3 heterocycles. The summed E-state index contributed by atoms with van der Waals surface area (Å²) >= 11 is 0. The molecule has 254 valence electrons. The number of carbonyl (C=O) groups excluding carboxylic acids is 1. The van der Waals surface area contributed by atoms with Gasteiger partial charge >= 0.3 is 0 Å². The average Bonchev–Trinajstić information content (AvgIpc) is 4.00. The van der Waals surface area contributed by atoms with Gasteiger partial charge < -0.3 is 5.32 Å². The van der Waals surface area contributed by atoms with E-state index in [9.17, 15) is 32.4 Å². The summed E-state index contributed by atoms with van der Waals surface area (Å²) in [5, 5.41) is 15.8. The number of hydrogen-bond acceptors (Lipinski definition) is 6. The summed E-state index contributed by atoms with van der Waals surface area (Å²) < 4.78 is 88.7. The molecule has 9 nitrogen and oxygen atoms in total. The van der Waals surface area contributed by atoms with Gasteiger partial charge in [-0.15, -0.1) is 0 Å². The van der Waals surface area contributed by atoms with E-state index in [2.05, 4.69) is 20.4 Å². The fourth-order valence-electron chi connectivity index (χ4n) is 7.07. The maximum Gasteiger partial charge on any atom is 0.293 e. The lowest BCUT2D eigenvalue weighted by molar-refractivity contribution is -0.123. The number of halogens is 6. The quantitative estimate of drug-likeness (QED) is 0.183. The first-order valence-electron chi connectivity index (χ1n) is 15.9. The van der Waals surface area contributed by atoms with Crippen LogP contribution in [-0.4, -0.2) is 30.2 Å². The highest BCUT2D eigenvalue weighted by molar-refractivity contribution is 5.78. The molecule has 8 rings (SSSR count). The highest BCUT2D eigenvalue weighted by Gasteiger charge is 2.67. The number of nitrogens with one attached hydrogen (secondary N) is 1. The molecule has 50 heavy (non-hydrogen) atoms. The lowest BCUT2D eigenvalue weighted by Crippen LogP contribution is -2.38. The number of nitriles is 1. The molecule has 0 radical (unpaired) electrons. The Kier molecular flexibility index (Phi) is 7.32. The first-order valence-corrected chi connectivity index (χ1v) is 15.9. The molecule has 3 atom stereocenters. The summed E-state index contributed by atoms with van der Waals surface area (Å²) in [7, 11) is 0. The van der Waals surface area contributed by atoms with Gasteiger partial charge in [-0.3, -0.25) is 18.8 Å². The highest BCUT2D eigenvalue weighted by Crippen LogP contribution is 2.68. The summed E-state index contributed by atoms with van der Waals surface area (Å²) in [5.41, 5.74) is -1.02. The van der Waals surface area contributed by atoms with Crippen LogP contribution in [0.3, 0.4) is 0 Å². The molecule has 3 aliphatic rings. The van der Waals surface area contributed by atoms with Crippen LogP contribution in [0, 0.1) is 28.9 Å². The first kappa shape index (κ1) is 31.7. The molecule has 0 unspecified atom stereocenters. The summed E-state index contributed by atoms with van der Waals surface area (Å²) in [4.78, 5) is 36.6. The molecular weight excluding hydrogens is 664 g/mol. The topological polar surface area (TPSA) is 118 Å². The molecule has 2 fully saturated rings. The van der Waals surface area contributed by atoms with Crippen LogP contribution in [0.2, 0.25) is 0 Å². The third-order valence-corrected chi connectivity index (χ3v) is 9.55. The van der Waals surface area contributed by atoms with E-state index in [4.69, 9.17) is 0 Å². The molecule has 0 aliphatic heterocycles. The second-order valence-electron chi connectivity index (χ2n) is 13.0. The summed E-state index contributed by atoms with van der Waals surface area (Å²) in [5.74, 6) is -7.91. The van der Waals surface area contributed by atoms with Crippen molar-refractivity contribution in [3.05, 3.63) is 116 Å². The predicted octanol–water partition coefficient (Wildman–Crippen LogP) is 6.25. The Morgan fingerprint density at radius 2 is 1.80 bits per heavy atom. The van der Waals surface area contributed by atoms with Crippen LogP contribution >= 0.6 is 0 Å². The van der Waals surface area contributed by atoms with Gasteiger partial charge in [-0.25, -0.2) is 27.5 Å². The molecule has 3 aliphatic carbocycles. The van der Waals surface area contributed by atoms with Crippen molar-refractivity contribution in [2.45, 2.75) is 62.5 Å². The molecule has 1 amide bonds. The third kappa shape index (κ3) is 5.39. The molecule has 5 aromatic rings. The number of benzene rings is 2. The van der Waals surface area contributed by atoms with Crippen LogP contribution in [0.4, 0.5) is 26.3 Å². The van der Waals surface area contributed by atoms with E-state index in [1.807, 2.05) is 18.2 Å². The Morgan fingerprint density at radius 1 is 1.08 bits per heavy atom. The molecule has 0 spiro atoms. The number of rotatable bonds is 9. The molecule has 15 heteroatoms. The van der Waals surface area contributed by atoms with Crippen LogP contribution in [-0.2, 0) is 23.7 Å². The lowest BCUT2D eigenvalue weighted by Gasteiger charge is -2.23. The summed E-state index contributed by atoms with van der Waals surface area (Å²) in [6, 6.07) is 11.7. The standard InChI is InChI=1S/C35H25F6N7O2/c36-20-7-16(8-21(37)11-20)10-26(44-27(49)15-47-30-28(29(46-47)31(38)39)23-12-25(23)35(30,40)41)33-45-32-24(9-17(13-42)14-43-32)34(50)48(33)22-5-3-19(4-6-22)18-1-2-18/h3-9,11,14,18,23,25-26,31H,1-2,10,12,15H2,(H,44,49)/t23-,25+,26-/m0/s1. The van der Waals surface area contributed by atoms with Crippen molar-refractivity contribution in [2.75, 3.05) is 0 Å². The maximum atomic E-state index is 15.2. The lowest BCUT2D eigenvalue weighted by atomic mass is 10.0. The normalized spacial score (nSPS) is 19.2. The van der Waals surface area contributed by atoms with Crippen LogP contribution < -0.4 is 10.9 Å². The molecule has 1 N–H and O–H groups in total. The van der Waals surface area contributed by atoms with Crippen LogP contribution in [0.5, 0.6) is 0 Å². The highest BCUT2D eigenvalue weighted by atomic mass is 19.3. The molecule has 0 bridgehead atoms. The van der Waals surface area contributed by atoms with Gasteiger partial charge in [0.2, 0.25) is 5.91 Å². The van der Waals surface area contributed by atoms with Crippen LogP contribution in [0.1, 0.15) is 83.0 Å². The zero-order valence-corrected chi connectivity index (χ0v) is 25.9. The Labute approximate surface area is 279 Å². The fraction of sp³-hybridized carbons (Fsp3) is 0.314. The molecule has 3 aromatic heterocycles. The second-order valence-corrected chi connectivity index (χ2v) is 13.0. The minimum Gasteiger partial charge on any atom is -0.344 e. The van der Waals surface area contributed by atoms with Crippen molar-refractivity contribution in [1.29, 1.82) is 5.26 Å². The van der Waals surface area contributed by atoms with Crippen molar-refractivity contribution in [1.82, 2.24) is 29.6 Å². The average molecular weight is 690 g/mol.